The van der Waals surface area contributed by atoms with Gasteiger partial charge in [0.15, 0.2) is 5.69 Å². The van der Waals surface area contributed by atoms with Crippen molar-refractivity contribution in [3.63, 3.8) is 0 Å². The summed E-state index contributed by atoms with van der Waals surface area (Å²) in [6.45, 7) is 6.92. The summed E-state index contributed by atoms with van der Waals surface area (Å²) >= 11 is 0. The van der Waals surface area contributed by atoms with Crippen LogP contribution in [-0.2, 0) is 11.0 Å². The highest BCUT2D eigenvalue weighted by Gasteiger charge is 2.42. The zero-order valence-electron chi connectivity index (χ0n) is 22.8. The van der Waals surface area contributed by atoms with Crippen molar-refractivity contribution in [3.8, 4) is 0 Å². The van der Waals surface area contributed by atoms with Crippen LogP contribution >= 0.6 is 0 Å². The Kier molecular flexibility index (Phi) is 7.92. The smallest absolute Gasteiger partial charge is 0.338 e. The molecule has 13 heteroatoms. The van der Waals surface area contributed by atoms with Crippen molar-refractivity contribution in [2.45, 2.75) is 45.5 Å². The number of nitrogens with zero attached hydrogens (tertiary/aromatic N) is 3. The van der Waals surface area contributed by atoms with E-state index in [0.717, 1.165) is 6.07 Å². The fraction of sp³-hybridized carbons (Fsp3) is 0.393. The molecule has 0 unspecified atom stereocenters. The summed E-state index contributed by atoms with van der Waals surface area (Å²) in [7, 11) is 0. The number of aromatic nitrogens is 2. The minimum absolute atomic E-state index is 0.0187. The fourth-order valence-electron chi connectivity index (χ4n) is 4.86. The topological polar surface area (TPSA) is 115 Å². The highest BCUT2D eigenvalue weighted by atomic mass is 19.4. The third-order valence-electron chi connectivity index (χ3n) is 7.01. The SMILES string of the molecule is CC(C)[C@H](NC(=O)c1nc2ccccc2[nH]c1=O)C(=O)N1CCN(C(=O)c2ccc(C(F)(F)F)c(F)c2)C(C)(C)C1. The van der Waals surface area contributed by atoms with Gasteiger partial charge in [0.2, 0.25) is 5.91 Å². The van der Waals surface area contributed by atoms with Crippen LogP contribution in [0.15, 0.2) is 47.3 Å². The van der Waals surface area contributed by atoms with Crippen molar-refractivity contribution in [2.24, 2.45) is 5.92 Å². The van der Waals surface area contributed by atoms with Crippen LogP contribution in [0.5, 0.6) is 0 Å². The summed E-state index contributed by atoms with van der Waals surface area (Å²) < 4.78 is 52.9. The molecule has 0 radical (unpaired) electrons. The average Bonchev–Trinajstić information content (AvgIpc) is 2.88. The number of halogens is 4. The molecule has 41 heavy (non-hydrogen) atoms. The normalized spacial score (nSPS) is 16.1. The molecular formula is C28H29F4N5O4. The molecule has 1 aromatic heterocycles. The quantitative estimate of drug-likeness (QED) is 0.452. The van der Waals surface area contributed by atoms with Gasteiger partial charge in [-0.25, -0.2) is 9.37 Å². The van der Waals surface area contributed by atoms with Crippen LogP contribution in [0.4, 0.5) is 17.6 Å². The van der Waals surface area contributed by atoms with E-state index in [1.54, 1.807) is 52.0 Å². The van der Waals surface area contributed by atoms with Gasteiger partial charge in [-0.05, 0) is 50.1 Å². The number of nitrogens with one attached hydrogen (secondary N) is 2. The molecule has 1 aliphatic rings. The number of piperazine rings is 1. The monoisotopic (exact) mass is 575 g/mol. The predicted octanol–water partition coefficient (Wildman–Crippen LogP) is 3.60. The summed E-state index contributed by atoms with van der Waals surface area (Å²) in [5.74, 6) is -3.85. The van der Waals surface area contributed by atoms with E-state index in [-0.39, 0.29) is 36.8 Å². The second-order valence-corrected chi connectivity index (χ2v) is 10.8. The van der Waals surface area contributed by atoms with E-state index in [1.807, 2.05) is 0 Å². The van der Waals surface area contributed by atoms with Gasteiger partial charge in [-0.15, -0.1) is 0 Å². The highest BCUT2D eigenvalue weighted by Crippen LogP contribution is 2.32. The molecule has 3 aromatic rings. The average molecular weight is 576 g/mol. The predicted molar refractivity (Wildman–Crippen MR) is 142 cm³/mol. The Morgan fingerprint density at radius 1 is 1.07 bits per heavy atom. The van der Waals surface area contributed by atoms with Crippen molar-refractivity contribution in [1.29, 1.82) is 0 Å². The number of hydrogen-bond donors (Lipinski definition) is 2. The number of para-hydroxylation sites is 2. The van der Waals surface area contributed by atoms with Crippen molar-refractivity contribution in [3.05, 3.63) is 75.5 Å². The molecule has 4 rings (SSSR count). The van der Waals surface area contributed by atoms with E-state index in [1.165, 1.54) is 9.80 Å². The maximum Gasteiger partial charge on any atom is 0.419 e. The van der Waals surface area contributed by atoms with Crippen LogP contribution in [0, 0.1) is 11.7 Å². The van der Waals surface area contributed by atoms with E-state index >= 15 is 0 Å². The maximum absolute atomic E-state index is 14.1. The Morgan fingerprint density at radius 2 is 1.76 bits per heavy atom. The molecule has 2 N–H and O–H groups in total. The Labute approximate surface area is 232 Å². The Balaban J connectivity index is 1.49. The maximum atomic E-state index is 14.1. The van der Waals surface area contributed by atoms with Gasteiger partial charge < -0.3 is 20.1 Å². The number of H-pyrrole nitrogens is 1. The number of alkyl halides is 3. The number of aromatic amines is 1. The summed E-state index contributed by atoms with van der Waals surface area (Å²) in [4.78, 5) is 61.8. The first-order valence-electron chi connectivity index (χ1n) is 12.9. The van der Waals surface area contributed by atoms with Crippen molar-refractivity contribution in [1.82, 2.24) is 25.1 Å². The van der Waals surface area contributed by atoms with Crippen molar-refractivity contribution in [2.75, 3.05) is 19.6 Å². The van der Waals surface area contributed by atoms with Gasteiger partial charge in [0.1, 0.15) is 11.9 Å². The lowest BCUT2D eigenvalue weighted by Gasteiger charge is -2.48. The van der Waals surface area contributed by atoms with Gasteiger partial charge in [0.25, 0.3) is 17.4 Å². The molecule has 0 spiro atoms. The lowest BCUT2D eigenvalue weighted by Crippen LogP contribution is -2.64. The molecule has 3 amide bonds. The first kappa shape index (κ1) is 29.7. The lowest BCUT2D eigenvalue weighted by molar-refractivity contribution is -0.140. The molecule has 1 fully saturated rings. The molecule has 0 bridgehead atoms. The number of benzene rings is 2. The van der Waals surface area contributed by atoms with Gasteiger partial charge in [0, 0.05) is 25.2 Å². The van der Waals surface area contributed by atoms with E-state index in [4.69, 9.17) is 0 Å². The zero-order chi connectivity index (χ0) is 30.3. The number of amides is 3. The molecule has 9 nitrogen and oxygen atoms in total. The zero-order valence-corrected chi connectivity index (χ0v) is 22.8. The van der Waals surface area contributed by atoms with E-state index in [2.05, 4.69) is 15.3 Å². The van der Waals surface area contributed by atoms with Crippen LogP contribution in [-0.4, -0.2) is 68.7 Å². The third-order valence-corrected chi connectivity index (χ3v) is 7.01. The number of carbonyl (C=O) groups is 3. The van der Waals surface area contributed by atoms with Crippen LogP contribution in [0.1, 0.15) is 54.1 Å². The molecule has 1 saturated heterocycles. The molecule has 2 aromatic carbocycles. The summed E-state index contributed by atoms with van der Waals surface area (Å²) in [5, 5.41) is 2.62. The van der Waals surface area contributed by atoms with Crippen LogP contribution in [0.25, 0.3) is 11.0 Å². The Hall–Kier alpha value is -4.29. The van der Waals surface area contributed by atoms with E-state index < -0.39 is 52.4 Å². The largest absolute Gasteiger partial charge is 0.419 e. The minimum Gasteiger partial charge on any atom is -0.338 e. The first-order valence-corrected chi connectivity index (χ1v) is 12.9. The second-order valence-electron chi connectivity index (χ2n) is 10.8. The van der Waals surface area contributed by atoms with Gasteiger partial charge in [-0.2, -0.15) is 13.2 Å². The third kappa shape index (κ3) is 6.08. The number of hydrogen-bond acceptors (Lipinski definition) is 5. The number of rotatable bonds is 5. The minimum atomic E-state index is -4.89. The number of fused-ring (bicyclic) bond motifs is 1. The fourth-order valence-corrected chi connectivity index (χ4v) is 4.86. The van der Waals surface area contributed by atoms with Crippen LogP contribution < -0.4 is 10.9 Å². The molecule has 0 aliphatic carbocycles. The lowest BCUT2D eigenvalue weighted by atomic mass is 9.95. The van der Waals surface area contributed by atoms with Crippen molar-refractivity contribution >= 4 is 28.8 Å². The summed E-state index contributed by atoms with van der Waals surface area (Å²) in [6.07, 6.45) is -4.89. The van der Waals surface area contributed by atoms with Gasteiger partial charge in [0.05, 0.1) is 22.1 Å². The number of carbonyl (C=O) groups excluding carboxylic acids is 3. The van der Waals surface area contributed by atoms with E-state index in [9.17, 15) is 36.7 Å². The van der Waals surface area contributed by atoms with Gasteiger partial charge >= 0.3 is 6.18 Å². The van der Waals surface area contributed by atoms with Gasteiger partial charge in [-0.3, -0.25) is 19.2 Å². The molecule has 1 atom stereocenters. The standard InChI is InChI=1S/C28H29F4N5O4/c1-15(2)21(35-24(39)22-23(38)34-20-8-6-5-7-19(20)33-22)26(41)36-11-12-37(27(3,4)14-36)25(40)16-9-10-17(18(29)13-16)28(30,31)32/h5-10,13,15,21H,11-12,14H2,1-4H3,(H,34,38)(H,35,39)/t21-/m0/s1. The first-order chi connectivity index (χ1) is 19.1. The molecule has 0 saturated carbocycles. The van der Waals surface area contributed by atoms with E-state index in [0.29, 0.717) is 23.2 Å². The second kappa shape index (κ2) is 10.9. The Morgan fingerprint density at radius 3 is 2.37 bits per heavy atom. The molecule has 218 valence electrons. The Bertz CT molecular complexity index is 1570. The van der Waals surface area contributed by atoms with Gasteiger partial charge in [-0.1, -0.05) is 26.0 Å². The highest BCUT2D eigenvalue weighted by molar-refractivity contribution is 5.97. The molecule has 2 heterocycles. The molecular weight excluding hydrogens is 546 g/mol. The molecule has 1 aliphatic heterocycles. The van der Waals surface area contributed by atoms with Crippen LogP contribution in [0.3, 0.4) is 0 Å². The van der Waals surface area contributed by atoms with Crippen LogP contribution in [0.2, 0.25) is 0 Å². The van der Waals surface area contributed by atoms with Crippen molar-refractivity contribution < 1.29 is 31.9 Å². The summed E-state index contributed by atoms with van der Waals surface area (Å²) in [5.41, 5.74) is -2.92. The summed E-state index contributed by atoms with van der Waals surface area (Å²) in [6, 6.07) is 7.69.